The van der Waals surface area contributed by atoms with Crippen LogP contribution in [0.25, 0.3) is 5.57 Å². The molecule has 142 valence electrons. The Balaban J connectivity index is 0.00000243. The van der Waals surface area contributed by atoms with Crippen molar-refractivity contribution in [1.82, 2.24) is 0 Å². The van der Waals surface area contributed by atoms with Gasteiger partial charge < -0.3 is 22.8 Å². The lowest BCUT2D eigenvalue weighted by Gasteiger charge is -2.24. The number of hydrogen-bond acceptors (Lipinski definition) is 2. The zero-order valence-electron chi connectivity index (χ0n) is 15.5. The highest BCUT2D eigenvalue weighted by Gasteiger charge is 2.21. The first-order chi connectivity index (χ1) is 12.3. The molecule has 2 aromatic rings. The molecule has 1 fully saturated rings. The molecule has 1 saturated carbocycles. The Labute approximate surface area is 167 Å². The van der Waals surface area contributed by atoms with Gasteiger partial charge in [-0.25, -0.2) is 0 Å². The SMILES string of the molecule is CC([NH2+]C/C=C(\c1ccsc1)C1CCCCC1)C(O)c1ccccc1.[Cl-]. The molecule has 2 nitrogen and oxygen atoms in total. The fourth-order valence-electron chi connectivity index (χ4n) is 3.85. The van der Waals surface area contributed by atoms with Gasteiger partial charge in [0.2, 0.25) is 0 Å². The Morgan fingerprint density at radius 3 is 2.58 bits per heavy atom. The van der Waals surface area contributed by atoms with Crippen LogP contribution in [0.3, 0.4) is 0 Å². The normalized spacial score (nSPS) is 18.2. The predicted molar refractivity (Wildman–Crippen MR) is 107 cm³/mol. The highest BCUT2D eigenvalue weighted by molar-refractivity contribution is 7.08. The van der Waals surface area contributed by atoms with Gasteiger partial charge in [-0.05, 0) is 65.3 Å². The summed E-state index contributed by atoms with van der Waals surface area (Å²) in [5.41, 5.74) is 3.93. The third-order valence-corrected chi connectivity index (χ3v) is 6.07. The van der Waals surface area contributed by atoms with E-state index in [0.29, 0.717) is 5.92 Å². The number of benzene rings is 1. The van der Waals surface area contributed by atoms with Crippen LogP contribution >= 0.6 is 11.3 Å². The number of rotatable bonds is 7. The summed E-state index contributed by atoms with van der Waals surface area (Å²) in [6.45, 7) is 3.03. The van der Waals surface area contributed by atoms with E-state index in [9.17, 15) is 5.11 Å². The second kappa shape index (κ2) is 10.9. The lowest BCUT2D eigenvalue weighted by molar-refractivity contribution is -0.686. The molecule has 1 aliphatic rings. The smallest absolute Gasteiger partial charge is 0.130 e. The molecular weight excluding hydrogens is 362 g/mol. The molecule has 2 unspecified atom stereocenters. The number of quaternary nitrogens is 1. The fraction of sp³-hybridized carbons (Fsp3) is 0.455. The Bertz CT molecular complexity index is 650. The maximum absolute atomic E-state index is 10.5. The number of halogens is 1. The van der Waals surface area contributed by atoms with Gasteiger partial charge in [-0.15, -0.1) is 0 Å². The average molecular weight is 392 g/mol. The largest absolute Gasteiger partial charge is 1.00 e. The van der Waals surface area contributed by atoms with Crippen LogP contribution in [0.1, 0.15) is 56.3 Å². The molecule has 0 radical (unpaired) electrons. The molecule has 3 N–H and O–H groups in total. The zero-order chi connectivity index (χ0) is 17.5. The monoisotopic (exact) mass is 391 g/mol. The topological polar surface area (TPSA) is 36.8 Å². The number of thiophene rings is 1. The van der Waals surface area contributed by atoms with Crippen LogP contribution in [-0.4, -0.2) is 17.7 Å². The minimum absolute atomic E-state index is 0. The molecule has 2 atom stereocenters. The molecule has 0 bridgehead atoms. The van der Waals surface area contributed by atoms with Gasteiger partial charge in [0.15, 0.2) is 0 Å². The summed E-state index contributed by atoms with van der Waals surface area (Å²) >= 11 is 1.78. The van der Waals surface area contributed by atoms with Crippen molar-refractivity contribution in [3.63, 3.8) is 0 Å². The van der Waals surface area contributed by atoms with E-state index in [2.05, 4.69) is 35.1 Å². The van der Waals surface area contributed by atoms with E-state index in [1.807, 2.05) is 30.3 Å². The minimum atomic E-state index is -0.422. The maximum atomic E-state index is 10.5. The van der Waals surface area contributed by atoms with E-state index in [1.54, 1.807) is 11.3 Å². The third-order valence-electron chi connectivity index (χ3n) is 5.38. The summed E-state index contributed by atoms with van der Waals surface area (Å²) < 4.78 is 0. The summed E-state index contributed by atoms with van der Waals surface area (Å²) in [6, 6.07) is 12.4. The molecule has 3 rings (SSSR count). The lowest BCUT2D eigenvalue weighted by atomic mass is 9.81. The van der Waals surface area contributed by atoms with E-state index < -0.39 is 6.10 Å². The summed E-state index contributed by atoms with van der Waals surface area (Å²) in [7, 11) is 0. The van der Waals surface area contributed by atoms with Gasteiger partial charge in [0.25, 0.3) is 0 Å². The number of nitrogens with two attached hydrogens (primary N) is 1. The van der Waals surface area contributed by atoms with Crippen molar-refractivity contribution >= 4 is 16.9 Å². The van der Waals surface area contributed by atoms with E-state index in [1.165, 1.54) is 43.2 Å². The molecular formula is C22H30ClNOS. The number of aliphatic hydroxyl groups excluding tert-OH is 1. The van der Waals surface area contributed by atoms with Gasteiger partial charge in [0.1, 0.15) is 12.1 Å². The lowest BCUT2D eigenvalue weighted by Crippen LogP contribution is -3.00. The number of allylic oxidation sites excluding steroid dienone is 1. The van der Waals surface area contributed by atoms with Crippen LogP contribution in [0.2, 0.25) is 0 Å². The number of aliphatic hydroxyl groups is 1. The Hall–Kier alpha value is -1.13. The molecule has 1 aromatic heterocycles. The Morgan fingerprint density at radius 2 is 1.92 bits per heavy atom. The Morgan fingerprint density at radius 1 is 1.19 bits per heavy atom. The molecule has 0 aliphatic heterocycles. The highest BCUT2D eigenvalue weighted by Crippen LogP contribution is 2.35. The van der Waals surface area contributed by atoms with Crippen LogP contribution in [0.5, 0.6) is 0 Å². The third kappa shape index (κ3) is 5.68. The second-order valence-electron chi connectivity index (χ2n) is 7.19. The summed E-state index contributed by atoms with van der Waals surface area (Å²) in [5, 5.41) is 17.3. The molecule has 4 heteroatoms. The van der Waals surface area contributed by atoms with Gasteiger partial charge in [0.05, 0.1) is 6.54 Å². The first kappa shape index (κ1) is 21.2. The molecule has 0 saturated heterocycles. The van der Waals surface area contributed by atoms with Crippen LogP contribution in [-0.2, 0) is 0 Å². The first-order valence-electron chi connectivity index (χ1n) is 9.54. The first-order valence-corrected chi connectivity index (χ1v) is 10.5. The van der Waals surface area contributed by atoms with Crippen LogP contribution < -0.4 is 17.7 Å². The average Bonchev–Trinajstić information content (AvgIpc) is 3.20. The molecule has 0 amide bonds. The predicted octanol–water partition coefficient (Wildman–Crippen LogP) is 1.40. The van der Waals surface area contributed by atoms with Crippen LogP contribution in [0.15, 0.2) is 53.2 Å². The summed E-state index contributed by atoms with van der Waals surface area (Å²) in [6.07, 6.45) is 8.74. The standard InChI is InChI=1S/C22H29NOS.ClH/c1-17(22(24)19-10-6-3-7-11-19)23-14-12-21(20-13-15-25-16-20)18-8-4-2-5-9-18;/h3,6-7,10-13,15-18,22-24H,2,4-5,8-9,14H2,1H3;1H/b21-12-;. The van der Waals surface area contributed by atoms with Gasteiger partial charge in [-0.2, -0.15) is 11.3 Å². The van der Waals surface area contributed by atoms with Gasteiger partial charge >= 0.3 is 0 Å². The van der Waals surface area contributed by atoms with Gasteiger partial charge in [-0.3, -0.25) is 0 Å². The van der Waals surface area contributed by atoms with E-state index in [4.69, 9.17) is 0 Å². The molecule has 26 heavy (non-hydrogen) atoms. The van der Waals surface area contributed by atoms with Crippen molar-refractivity contribution in [2.24, 2.45) is 5.92 Å². The fourth-order valence-corrected chi connectivity index (χ4v) is 4.52. The van der Waals surface area contributed by atoms with Gasteiger partial charge in [-0.1, -0.05) is 49.6 Å². The van der Waals surface area contributed by atoms with Crippen molar-refractivity contribution in [2.75, 3.05) is 6.54 Å². The summed E-state index contributed by atoms with van der Waals surface area (Å²) in [5.74, 6) is 0.714. The van der Waals surface area contributed by atoms with Crippen molar-refractivity contribution in [2.45, 2.75) is 51.2 Å². The second-order valence-corrected chi connectivity index (χ2v) is 7.97. The van der Waals surface area contributed by atoms with Crippen molar-refractivity contribution in [1.29, 1.82) is 0 Å². The highest BCUT2D eigenvalue weighted by atomic mass is 35.5. The van der Waals surface area contributed by atoms with E-state index >= 15 is 0 Å². The zero-order valence-corrected chi connectivity index (χ0v) is 17.1. The minimum Gasteiger partial charge on any atom is -1.00 e. The molecule has 0 spiro atoms. The molecule has 1 heterocycles. The molecule has 1 aromatic carbocycles. The van der Waals surface area contributed by atoms with Crippen molar-refractivity contribution in [3.05, 3.63) is 64.4 Å². The summed E-state index contributed by atoms with van der Waals surface area (Å²) in [4.78, 5) is 0. The van der Waals surface area contributed by atoms with Gasteiger partial charge in [0, 0.05) is 0 Å². The molecule has 1 aliphatic carbocycles. The number of hydrogen-bond donors (Lipinski definition) is 2. The van der Waals surface area contributed by atoms with E-state index in [-0.39, 0.29) is 18.4 Å². The van der Waals surface area contributed by atoms with E-state index in [0.717, 1.165) is 12.1 Å². The van der Waals surface area contributed by atoms with Crippen LogP contribution in [0, 0.1) is 5.92 Å². The maximum Gasteiger partial charge on any atom is 0.130 e. The quantitative estimate of drug-likeness (QED) is 0.735. The van der Waals surface area contributed by atoms with Crippen molar-refractivity contribution < 1.29 is 22.8 Å². The van der Waals surface area contributed by atoms with Crippen LogP contribution in [0.4, 0.5) is 0 Å². The Kier molecular flexibility index (Phi) is 8.86. The van der Waals surface area contributed by atoms with Crippen molar-refractivity contribution in [3.8, 4) is 0 Å².